The van der Waals surface area contributed by atoms with E-state index in [1.165, 1.54) is 5.56 Å². The van der Waals surface area contributed by atoms with E-state index >= 15 is 0 Å². The van der Waals surface area contributed by atoms with Crippen LogP contribution < -0.4 is 5.32 Å². The Balaban J connectivity index is 1.73. The number of rotatable bonds is 4. The Bertz CT molecular complexity index is 637. The first-order valence-electron chi connectivity index (χ1n) is 6.11. The van der Waals surface area contributed by atoms with Gasteiger partial charge in [-0.25, -0.2) is 4.98 Å². The minimum atomic E-state index is 0.884. The third-order valence-electron chi connectivity index (χ3n) is 3.15. The molecule has 1 aromatic carbocycles. The Morgan fingerprint density at radius 2 is 2.17 bits per heavy atom. The van der Waals surface area contributed by atoms with Crippen LogP contribution in [0.15, 0.2) is 42.7 Å². The molecule has 0 spiro atoms. The fourth-order valence-corrected chi connectivity index (χ4v) is 2.14. The Kier molecular flexibility index (Phi) is 2.76. The highest BCUT2D eigenvalue weighted by Gasteiger charge is 2.05. The summed E-state index contributed by atoms with van der Waals surface area (Å²) < 4.78 is 2.09. The van der Waals surface area contributed by atoms with Gasteiger partial charge in [-0.2, -0.15) is 0 Å². The summed E-state index contributed by atoms with van der Waals surface area (Å²) in [6.45, 7) is 0.884. The predicted molar refractivity (Wildman–Crippen MR) is 73.7 cm³/mol. The van der Waals surface area contributed by atoms with E-state index in [0.717, 1.165) is 29.9 Å². The Labute approximate surface area is 106 Å². The number of nitrogens with zero attached hydrogens (tertiary/aromatic N) is 2. The number of hydrogen-bond donors (Lipinski definition) is 2. The van der Waals surface area contributed by atoms with Crippen LogP contribution in [0.25, 0.3) is 11.0 Å². The molecule has 0 amide bonds. The minimum absolute atomic E-state index is 0.884. The third-order valence-corrected chi connectivity index (χ3v) is 3.15. The third kappa shape index (κ3) is 1.97. The molecule has 0 bridgehead atoms. The number of aromatic amines is 1. The van der Waals surface area contributed by atoms with Gasteiger partial charge in [-0.3, -0.25) is 0 Å². The summed E-state index contributed by atoms with van der Waals surface area (Å²) in [6, 6.07) is 10.3. The van der Waals surface area contributed by atoms with Gasteiger partial charge in [-0.15, -0.1) is 0 Å². The molecule has 0 aliphatic rings. The maximum atomic E-state index is 4.58. The summed E-state index contributed by atoms with van der Waals surface area (Å²) in [5.41, 5.74) is 3.49. The van der Waals surface area contributed by atoms with Crippen LogP contribution in [0.3, 0.4) is 0 Å². The number of imidazole rings is 1. The van der Waals surface area contributed by atoms with E-state index in [4.69, 9.17) is 0 Å². The van der Waals surface area contributed by atoms with Crippen LogP contribution in [-0.4, -0.2) is 21.1 Å². The van der Waals surface area contributed by atoms with Gasteiger partial charge in [0.05, 0.1) is 11.0 Å². The Morgan fingerprint density at radius 3 is 2.94 bits per heavy atom. The molecule has 2 aromatic heterocycles. The van der Waals surface area contributed by atoms with Crippen LogP contribution in [0.5, 0.6) is 0 Å². The van der Waals surface area contributed by atoms with Gasteiger partial charge in [0.15, 0.2) is 0 Å². The number of benzene rings is 1. The molecular weight excluding hydrogens is 224 g/mol. The maximum Gasteiger partial charge on any atom is 0.203 e. The summed E-state index contributed by atoms with van der Waals surface area (Å²) in [5.74, 6) is 0.923. The van der Waals surface area contributed by atoms with Crippen molar-refractivity contribution in [2.24, 2.45) is 7.05 Å². The van der Waals surface area contributed by atoms with E-state index in [1.807, 2.05) is 37.6 Å². The molecule has 0 fully saturated rings. The zero-order valence-electron chi connectivity index (χ0n) is 10.4. The molecule has 0 saturated heterocycles. The molecule has 92 valence electrons. The zero-order valence-corrected chi connectivity index (χ0v) is 10.4. The van der Waals surface area contributed by atoms with Crippen LogP contribution >= 0.6 is 0 Å². The highest BCUT2D eigenvalue weighted by Crippen LogP contribution is 2.17. The molecule has 4 nitrogen and oxygen atoms in total. The first kappa shape index (κ1) is 10.9. The second kappa shape index (κ2) is 4.56. The molecule has 0 unspecified atom stereocenters. The maximum absolute atomic E-state index is 4.58. The number of aromatic nitrogens is 3. The van der Waals surface area contributed by atoms with Crippen molar-refractivity contribution >= 4 is 17.0 Å². The Morgan fingerprint density at radius 1 is 1.28 bits per heavy atom. The van der Waals surface area contributed by atoms with Gasteiger partial charge in [-0.1, -0.05) is 12.1 Å². The van der Waals surface area contributed by atoms with E-state index in [-0.39, 0.29) is 0 Å². The summed E-state index contributed by atoms with van der Waals surface area (Å²) >= 11 is 0. The number of nitrogens with one attached hydrogen (secondary N) is 2. The average Bonchev–Trinajstić information content (AvgIpc) is 3.00. The predicted octanol–water partition coefficient (Wildman–Crippen LogP) is 2.56. The van der Waals surface area contributed by atoms with Gasteiger partial charge in [0.25, 0.3) is 0 Å². The lowest BCUT2D eigenvalue weighted by atomic mass is 10.2. The Hall–Kier alpha value is -2.23. The number of H-pyrrole nitrogens is 1. The number of aryl methyl sites for hydroxylation is 1. The van der Waals surface area contributed by atoms with Crippen LogP contribution in [0.2, 0.25) is 0 Å². The topological polar surface area (TPSA) is 45.6 Å². The minimum Gasteiger partial charge on any atom is -0.367 e. The number of anilines is 1. The van der Waals surface area contributed by atoms with Gasteiger partial charge in [0, 0.05) is 26.0 Å². The second-order valence-electron chi connectivity index (χ2n) is 4.38. The van der Waals surface area contributed by atoms with Gasteiger partial charge in [0.2, 0.25) is 5.95 Å². The van der Waals surface area contributed by atoms with Gasteiger partial charge in [0.1, 0.15) is 0 Å². The van der Waals surface area contributed by atoms with E-state index in [2.05, 4.69) is 32.0 Å². The molecule has 3 rings (SSSR count). The van der Waals surface area contributed by atoms with Crippen LogP contribution in [0, 0.1) is 0 Å². The lowest BCUT2D eigenvalue weighted by Gasteiger charge is -2.05. The van der Waals surface area contributed by atoms with Crippen molar-refractivity contribution in [3.8, 4) is 0 Å². The van der Waals surface area contributed by atoms with Gasteiger partial charge < -0.3 is 14.9 Å². The molecule has 0 aliphatic heterocycles. The molecule has 0 atom stereocenters. The van der Waals surface area contributed by atoms with Crippen molar-refractivity contribution < 1.29 is 0 Å². The van der Waals surface area contributed by atoms with Crippen LogP contribution in [0.1, 0.15) is 5.56 Å². The zero-order chi connectivity index (χ0) is 12.4. The molecule has 0 aliphatic carbocycles. The van der Waals surface area contributed by atoms with Crippen molar-refractivity contribution in [3.05, 3.63) is 48.3 Å². The summed E-state index contributed by atoms with van der Waals surface area (Å²) in [4.78, 5) is 7.64. The van der Waals surface area contributed by atoms with Crippen molar-refractivity contribution in [1.82, 2.24) is 14.5 Å². The largest absolute Gasteiger partial charge is 0.367 e. The number of hydrogen-bond acceptors (Lipinski definition) is 2. The molecule has 4 heteroatoms. The first-order valence-corrected chi connectivity index (χ1v) is 6.11. The molecular formula is C14H16N4. The summed E-state index contributed by atoms with van der Waals surface area (Å²) in [6.07, 6.45) is 4.97. The fraction of sp³-hybridized carbons (Fsp3) is 0.214. The summed E-state index contributed by atoms with van der Waals surface area (Å²) in [7, 11) is 2.04. The standard InChI is InChI=1S/C14H16N4/c1-18-13-5-3-2-4-12(13)17-14(18)16-9-7-11-6-8-15-10-11/h2-6,8,10,15H,7,9H2,1H3,(H,16,17). The van der Waals surface area contributed by atoms with Crippen molar-refractivity contribution in [3.63, 3.8) is 0 Å². The van der Waals surface area contributed by atoms with E-state index in [0.29, 0.717) is 0 Å². The van der Waals surface area contributed by atoms with E-state index < -0.39 is 0 Å². The second-order valence-corrected chi connectivity index (χ2v) is 4.38. The molecule has 2 N–H and O–H groups in total. The molecule has 2 heterocycles. The van der Waals surface area contributed by atoms with Crippen LogP contribution in [0.4, 0.5) is 5.95 Å². The first-order chi connectivity index (χ1) is 8.84. The van der Waals surface area contributed by atoms with Gasteiger partial charge >= 0.3 is 0 Å². The number of fused-ring (bicyclic) bond motifs is 1. The quantitative estimate of drug-likeness (QED) is 0.736. The van der Waals surface area contributed by atoms with E-state index in [1.54, 1.807) is 0 Å². The smallest absolute Gasteiger partial charge is 0.203 e. The lowest BCUT2D eigenvalue weighted by molar-refractivity contribution is 0.912. The molecule has 0 radical (unpaired) electrons. The average molecular weight is 240 g/mol. The lowest BCUT2D eigenvalue weighted by Crippen LogP contribution is -2.08. The fourth-order valence-electron chi connectivity index (χ4n) is 2.14. The highest BCUT2D eigenvalue weighted by atomic mass is 15.2. The van der Waals surface area contributed by atoms with Crippen LogP contribution in [-0.2, 0) is 13.5 Å². The normalized spacial score (nSPS) is 10.9. The van der Waals surface area contributed by atoms with E-state index in [9.17, 15) is 0 Å². The van der Waals surface area contributed by atoms with Crippen molar-refractivity contribution in [2.75, 3.05) is 11.9 Å². The highest BCUT2D eigenvalue weighted by molar-refractivity contribution is 5.78. The monoisotopic (exact) mass is 240 g/mol. The summed E-state index contributed by atoms with van der Waals surface area (Å²) in [5, 5.41) is 3.38. The van der Waals surface area contributed by atoms with Crippen molar-refractivity contribution in [1.29, 1.82) is 0 Å². The SMILES string of the molecule is Cn1c(NCCc2cc[nH]c2)nc2ccccc21. The molecule has 18 heavy (non-hydrogen) atoms. The van der Waals surface area contributed by atoms with Gasteiger partial charge in [-0.05, 0) is 30.2 Å². The molecule has 0 saturated carbocycles. The van der Waals surface area contributed by atoms with Crippen molar-refractivity contribution in [2.45, 2.75) is 6.42 Å². The number of para-hydroxylation sites is 2. The molecule has 3 aromatic rings.